The molecule has 0 saturated carbocycles. The quantitative estimate of drug-likeness (QED) is 0.617. The van der Waals surface area contributed by atoms with Gasteiger partial charge in [0.15, 0.2) is 0 Å². The van der Waals surface area contributed by atoms with E-state index in [9.17, 15) is 0 Å². The molecular weight excluding hydrogens is 164 g/mol. The Balaban J connectivity index is 3.40. The molecule has 0 fully saturated rings. The Labute approximate surface area is 82.1 Å². The van der Waals surface area contributed by atoms with Gasteiger partial charge in [-0.15, -0.1) is 0 Å². The molecule has 0 aromatic heterocycles. The fourth-order valence-corrected chi connectivity index (χ4v) is 1.05. The second-order valence-corrected chi connectivity index (χ2v) is 3.99. The van der Waals surface area contributed by atoms with Gasteiger partial charge in [0.2, 0.25) is 0 Å². The maximum atomic E-state index is 8.64. The van der Waals surface area contributed by atoms with Crippen molar-refractivity contribution < 1.29 is 5.11 Å². The van der Waals surface area contributed by atoms with Gasteiger partial charge >= 0.3 is 0 Å². The van der Waals surface area contributed by atoms with Crippen LogP contribution in [0.1, 0.15) is 26.7 Å². The third-order valence-electron chi connectivity index (χ3n) is 2.44. The van der Waals surface area contributed by atoms with Crippen LogP contribution < -0.4 is 5.32 Å². The van der Waals surface area contributed by atoms with E-state index in [0.29, 0.717) is 18.7 Å². The van der Waals surface area contributed by atoms with E-state index in [1.165, 1.54) is 0 Å². The molecule has 2 atom stereocenters. The van der Waals surface area contributed by atoms with Crippen LogP contribution in [0.4, 0.5) is 0 Å². The van der Waals surface area contributed by atoms with E-state index in [4.69, 9.17) is 5.11 Å². The molecule has 3 nitrogen and oxygen atoms in total. The van der Waals surface area contributed by atoms with Gasteiger partial charge in [-0.25, -0.2) is 0 Å². The fourth-order valence-electron chi connectivity index (χ4n) is 1.05. The largest absolute Gasteiger partial charge is 0.396 e. The van der Waals surface area contributed by atoms with Gasteiger partial charge in [0.25, 0.3) is 0 Å². The molecule has 80 valence electrons. The number of hydrogen-bond donors (Lipinski definition) is 2. The van der Waals surface area contributed by atoms with Crippen molar-refractivity contribution >= 4 is 0 Å². The van der Waals surface area contributed by atoms with E-state index < -0.39 is 0 Å². The molecule has 2 N–H and O–H groups in total. The number of aliphatic hydroxyl groups is 1. The minimum Gasteiger partial charge on any atom is -0.396 e. The summed E-state index contributed by atoms with van der Waals surface area (Å²) in [7, 11) is 4.18. The summed E-state index contributed by atoms with van der Waals surface area (Å²) in [6.07, 6.45) is 1.95. The fraction of sp³-hybridized carbons (Fsp3) is 1.00. The number of likely N-dealkylation sites (N-methyl/N-ethyl adjacent to an activating group) is 1. The van der Waals surface area contributed by atoms with Gasteiger partial charge in [-0.3, -0.25) is 0 Å². The second-order valence-electron chi connectivity index (χ2n) is 3.99. The highest BCUT2D eigenvalue weighted by atomic mass is 16.2. The standard InChI is InChI=1S/C10H24N2O/c1-9(6-5-7-13)11-8-10(2)12(3)4/h9-11,13H,5-8H2,1-4H3. The predicted octanol–water partition coefficient (Wildman–Crippen LogP) is 0.687. The summed E-state index contributed by atoms with van der Waals surface area (Å²) in [5.74, 6) is 0. The summed E-state index contributed by atoms with van der Waals surface area (Å²) in [5.41, 5.74) is 0. The minimum atomic E-state index is 0.301. The molecule has 0 aromatic carbocycles. The summed E-state index contributed by atoms with van der Waals surface area (Å²) < 4.78 is 0. The Morgan fingerprint density at radius 1 is 1.31 bits per heavy atom. The highest BCUT2D eigenvalue weighted by molar-refractivity contribution is 4.67. The molecule has 0 amide bonds. The van der Waals surface area contributed by atoms with Crippen LogP contribution in [0.15, 0.2) is 0 Å². The zero-order valence-corrected chi connectivity index (χ0v) is 9.38. The normalized spacial score (nSPS) is 16.2. The van der Waals surface area contributed by atoms with Crippen LogP contribution in [0.2, 0.25) is 0 Å². The molecule has 3 heteroatoms. The Bertz CT molecular complexity index is 117. The Morgan fingerprint density at radius 2 is 1.92 bits per heavy atom. The van der Waals surface area contributed by atoms with Crippen LogP contribution in [0.3, 0.4) is 0 Å². The van der Waals surface area contributed by atoms with E-state index in [2.05, 4.69) is 38.2 Å². The van der Waals surface area contributed by atoms with Crippen LogP contribution in [0.5, 0.6) is 0 Å². The van der Waals surface area contributed by atoms with Crippen LogP contribution in [0, 0.1) is 0 Å². The lowest BCUT2D eigenvalue weighted by molar-refractivity contribution is 0.266. The number of nitrogens with zero attached hydrogens (tertiary/aromatic N) is 1. The Hall–Kier alpha value is -0.120. The summed E-state index contributed by atoms with van der Waals surface area (Å²) in [5, 5.41) is 12.1. The average molecular weight is 188 g/mol. The van der Waals surface area contributed by atoms with Crippen molar-refractivity contribution in [3.05, 3.63) is 0 Å². The molecule has 0 aromatic rings. The molecule has 0 saturated heterocycles. The van der Waals surface area contributed by atoms with Crippen LogP contribution in [0.25, 0.3) is 0 Å². The van der Waals surface area contributed by atoms with Gasteiger partial charge in [0.1, 0.15) is 0 Å². The SMILES string of the molecule is CC(CCCO)NCC(C)N(C)C. The van der Waals surface area contributed by atoms with E-state index in [0.717, 1.165) is 19.4 Å². The lowest BCUT2D eigenvalue weighted by Crippen LogP contribution is -2.39. The van der Waals surface area contributed by atoms with Crippen molar-refractivity contribution in [3.8, 4) is 0 Å². The lowest BCUT2D eigenvalue weighted by Gasteiger charge is -2.22. The van der Waals surface area contributed by atoms with E-state index in [1.807, 2.05) is 0 Å². The molecule has 0 aliphatic carbocycles. The molecule has 0 bridgehead atoms. The smallest absolute Gasteiger partial charge is 0.0431 e. The lowest BCUT2D eigenvalue weighted by atomic mass is 10.2. The molecule has 0 aliphatic heterocycles. The molecule has 0 spiro atoms. The molecule has 13 heavy (non-hydrogen) atoms. The highest BCUT2D eigenvalue weighted by Gasteiger charge is 2.06. The molecule has 0 aliphatic rings. The first-order valence-electron chi connectivity index (χ1n) is 5.08. The third-order valence-corrected chi connectivity index (χ3v) is 2.44. The third kappa shape index (κ3) is 6.99. The van der Waals surface area contributed by atoms with Crippen molar-refractivity contribution in [2.75, 3.05) is 27.2 Å². The summed E-state index contributed by atoms with van der Waals surface area (Å²) in [4.78, 5) is 2.20. The van der Waals surface area contributed by atoms with Crippen molar-refractivity contribution in [2.45, 2.75) is 38.8 Å². The van der Waals surface area contributed by atoms with Crippen molar-refractivity contribution in [1.29, 1.82) is 0 Å². The van der Waals surface area contributed by atoms with Crippen LogP contribution in [-0.4, -0.2) is 49.3 Å². The monoisotopic (exact) mass is 188 g/mol. The van der Waals surface area contributed by atoms with E-state index in [1.54, 1.807) is 0 Å². The van der Waals surface area contributed by atoms with Crippen LogP contribution in [-0.2, 0) is 0 Å². The summed E-state index contributed by atoms with van der Waals surface area (Å²) in [6, 6.07) is 1.08. The van der Waals surface area contributed by atoms with Gasteiger partial charge in [-0.1, -0.05) is 0 Å². The number of rotatable bonds is 7. The van der Waals surface area contributed by atoms with Gasteiger partial charge in [0.05, 0.1) is 0 Å². The molecule has 0 rings (SSSR count). The van der Waals surface area contributed by atoms with Gasteiger partial charge in [0, 0.05) is 25.2 Å². The van der Waals surface area contributed by atoms with Gasteiger partial charge in [-0.2, -0.15) is 0 Å². The Morgan fingerprint density at radius 3 is 2.38 bits per heavy atom. The minimum absolute atomic E-state index is 0.301. The first-order valence-corrected chi connectivity index (χ1v) is 5.08. The summed E-state index contributed by atoms with van der Waals surface area (Å²) in [6.45, 7) is 5.68. The maximum absolute atomic E-state index is 8.64. The molecule has 0 heterocycles. The van der Waals surface area contributed by atoms with Crippen molar-refractivity contribution in [2.24, 2.45) is 0 Å². The first kappa shape index (κ1) is 12.9. The number of hydrogen-bond acceptors (Lipinski definition) is 3. The predicted molar refractivity (Wildman–Crippen MR) is 56.9 cm³/mol. The zero-order valence-electron chi connectivity index (χ0n) is 9.38. The van der Waals surface area contributed by atoms with Gasteiger partial charge < -0.3 is 15.3 Å². The second kappa shape index (κ2) is 7.30. The van der Waals surface area contributed by atoms with E-state index in [-0.39, 0.29) is 0 Å². The molecule has 2 unspecified atom stereocenters. The first-order chi connectivity index (χ1) is 6.07. The number of nitrogens with one attached hydrogen (secondary N) is 1. The summed E-state index contributed by atoms with van der Waals surface area (Å²) >= 11 is 0. The molecule has 0 radical (unpaired) electrons. The van der Waals surface area contributed by atoms with E-state index >= 15 is 0 Å². The van der Waals surface area contributed by atoms with Gasteiger partial charge in [-0.05, 0) is 40.8 Å². The molecular formula is C10H24N2O. The zero-order chi connectivity index (χ0) is 10.3. The van der Waals surface area contributed by atoms with Crippen molar-refractivity contribution in [1.82, 2.24) is 10.2 Å². The maximum Gasteiger partial charge on any atom is 0.0431 e. The van der Waals surface area contributed by atoms with Crippen molar-refractivity contribution in [3.63, 3.8) is 0 Å². The average Bonchev–Trinajstić information content (AvgIpc) is 2.10. The number of aliphatic hydroxyl groups excluding tert-OH is 1. The topological polar surface area (TPSA) is 35.5 Å². The van der Waals surface area contributed by atoms with Crippen LogP contribution >= 0.6 is 0 Å². The highest BCUT2D eigenvalue weighted by Crippen LogP contribution is 1.96. The Kier molecular flexibility index (Phi) is 7.23.